The Bertz CT molecular complexity index is 947. The zero-order valence-electron chi connectivity index (χ0n) is 13.2. The van der Waals surface area contributed by atoms with Crippen LogP contribution in [0.2, 0.25) is 0 Å². The van der Waals surface area contributed by atoms with Crippen molar-refractivity contribution in [2.45, 2.75) is 6.04 Å². The van der Waals surface area contributed by atoms with Crippen LogP contribution >= 0.6 is 11.3 Å². The first-order valence-corrected chi connectivity index (χ1v) is 8.68. The molecule has 0 saturated heterocycles. The number of thiazole rings is 1. The van der Waals surface area contributed by atoms with Crippen molar-refractivity contribution in [3.05, 3.63) is 83.6 Å². The van der Waals surface area contributed by atoms with E-state index in [0.717, 1.165) is 16.5 Å². The van der Waals surface area contributed by atoms with Gasteiger partial charge < -0.3 is 9.73 Å². The summed E-state index contributed by atoms with van der Waals surface area (Å²) < 4.78 is 5.97. The molecule has 0 saturated carbocycles. The summed E-state index contributed by atoms with van der Waals surface area (Å²) in [5.41, 5.74) is 1.73. The Morgan fingerprint density at radius 2 is 1.88 bits per heavy atom. The van der Waals surface area contributed by atoms with Gasteiger partial charge in [0, 0.05) is 17.0 Å². The van der Waals surface area contributed by atoms with Crippen LogP contribution < -0.4 is 10.6 Å². The Hall–Kier alpha value is -3.12. The van der Waals surface area contributed by atoms with Gasteiger partial charge in [0.1, 0.15) is 17.4 Å². The standard InChI is InChI=1S/C19H15N3O2S/c23-18(22-19-20-10-11-25-19)21-17(13-6-2-1-3-7-13)16-12-14-8-4-5-9-15(14)24-16/h1-12,17H,(H2,20,21,22,23). The van der Waals surface area contributed by atoms with Gasteiger partial charge in [-0.1, -0.05) is 48.5 Å². The van der Waals surface area contributed by atoms with E-state index in [1.165, 1.54) is 11.3 Å². The van der Waals surface area contributed by atoms with Crippen molar-refractivity contribution < 1.29 is 9.21 Å². The van der Waals surface area contributed by atoms with E-state index >= 15 is 0 Å². The number of carbonyl (C=O) groups is 1. The van der Waals surface area contributed by atoms with Gasteiger partial charge in [-0.25, -0.2) is 9.78 Å². The van der Waals surface area contributed by atoms with Crippen LogP contribution in [-0.2, 0) is 0 Å². The molecule has 25 heavy (non-hydrogen) atoms. The molecule has 1 atom stereocenters. The molecule has 2 heterocycles. The van der Waals surface area contributed by atoms with Crippen molar-refractivity contribution in [3.8, 4) is 0 Å². The number of hydrogen-bond donors (Lipinski definition) is 2. The van der Waals surface area contributed by atoms with Crippen LogP contribution in [0.4, 0.5) is 9.93 Å². The van der Waals surface area contributed by atoms with E-state index in [2.05, 4.69) is 15.6 Å². The van der Waals surface area contributed by atoms with Crippen LogP contribution in [0.5, 0.6) is 0 Å². The van der Waals surface area contributed by atoms with E-state index in [1.54, 1.807) is 6.20 Å². The van der Waals surface area contributed by atoms with Gasteiger partial charge in [0.05, 0.1) is 0 Å². The van der Waals surface area contributed by atoms with Crippen LogP contribution in [0.1, 0.15) is 17.4 Å². The summed E-state index contributed by atoms with van der Waals surface area (Å²) in [6, 6.07) is 18.7. The molecule has 0 aliphatic carbocycles. The molecule has 4 aromatic rings. The lowest BCUT2D eigenvalue weighted by Gasteiger charge is -2.17. The third-order valence-electron chi connectivity index (χ3n) is 3.79. The van der Waals surface area contributed by atoms with Crippen molar-refractivity contribution in [1.29, 1.82) is 0 Å². The lowest BCUT2D eigenvalue weighted by atomic mass is 10.0. The summed E-state index contributed by atoms with van der Waals surface area (Å²) in [6.07, 6.45) is 1.65. The highest BCUT2D eigenvalue weighted by Gasteiger charge is 2.21. The van der Waals surface area contributed by atoms with Crippen LogP contribution in [-0.4, -0.2) is 11.0 Å². The summed E-state index contributed by atoms with van der Waals surface area (Å²) >= 11 is 1.37. The molecule has 2 aromatic carbocycles. The lowest BCUT2D eigenvalue weighted by Crippen LogP contribution is -2.33. The molecule has 0 aliphatic rings. The van der Waals surface area contributed by atoms with Crippen molar-refractivity contribution in [2.75, 3.05) is 5.32 Å². The van der Waals surface area contributed by atoms with E-state index in [9.17, 15) is 4.79 Å². The molecule has 0 fully saturated rings. The molecule has 0 bridgehead atoms. The fourth-order valence-corrected chi connectivity index (χ4v) is 3.18. The Kier molecular flexibility index (Phi) is 4.18. The number of hydrogen-bond acceptors (Lipinski definition) is 4. The van der Waals surface area contributed by atoms with Gasteiger partial charge in [-0.05, 0) is 17.7 Å². The number of urea groups is 1. The van der Waals surface area contributed by atoms with Crippen molar-refractivity contribution in [1.82, 2.24) is 10.3 Å². The minimum atomic E-state index is -0.395. The highest BCUT2D eigenvalue weighted by atomic mass is 32.1. The zero-order chi connectivity index (χ0) is 17.1. The van der Waals surface area contributed by atoms with Gasteiger partial charge in [0.2, 0.25) is 0 Å². The first-order chi connectivity index (χ1) is 12.3. The predicted octanol–water partition coefficient (Wildman–Crippen LogP) is 4.80. The number of para-hydroxylation sites is 1. The maximum Gasteiger partial charge on any atom is 0.321 e. The first kappa shape index (κ1) is 15.4. The second-order valence-corrected chi connectivity index (χ2v) is 6.36. The van der Waals surface area contributed by atoms with Crippen LogP contribution in [0.25, 0.3) is 11.0 Å². The lowest BCUT2D eigenvalue weighted by molar-refractivity contribution is 0.249. The smallest absolute Gasteiger partial charge is 0.321 e. The van der Waals surface area contributed by atoms with Crippen LogP contribution in [0, 0.1) is 0 Å². The molecule has 1 unspecified atom stereocenters. The molecule has 5 nitrogen and oxygen atoms in total. The number of furan rings is 1. The number of carbonyl (C=O) groups excluding carboxylic acids is 1. The molecular weight excluding hydrogens is 334 g/mol. The summed E-state index contributed by atoms with van der Waals surface area (Å²) in [6.45, 7) is 0. The Labute approximate surface area is 148 Å². The van der Waals surface area contributed by atoms with Crippen molar-refractivity contribution in [3.63, 3.8) is 0 Å². The number of nitrogens with zero attached hydrogens (tertiary/aromatic N) is 1. The second-order valence-electron chi connectivity index (χ2n) is 5.47. The minimum absolute atomic E-state index is 0.329. The van der Waals surface area contributed by atoms with Gasteiger partial charge >= 0.3 is 6.03 Å². The number of fused-ring (bicyclic) bond motifs is 1. The zero-order valence-corrected chi connectivity index (χ0v) is 14.0. The maximum atomic E-state index is 12.4. The monoisotopic (exact) mass is 349 g/mol. The molecule has 0 radical (unpaired) electrons. The van der Waals surface area contributed by atoms with Gasteiger partial charge in [0.15, 0.2) is 5.13 Å². The molecule has 2 aromatic heterocycles. The van der Waals surface area contributed by atoms with Gasteiger partial charge in [-0.15, -0.1) is 11.3 Å². The van der Waals surface area contributed by atoms with E-state index in [0.29, 0.717) is 10.9 Å². The fraction of sp³-hybridized carbons (Fsp3) is 0.0526. The number of rotatable bonds is 4. The largest absolute Gasteiger partial charge is 0.459 e. The summed E-state index contributed by atoms with van der Waals surface area (Å²) in [5.74, 6) is 0.682. The molecule has 6 heteroatoms. The van der Waals surface area contributed by atoms with Crippen LogP contribution in [0.15, 0.2) is 76.7 Å². The molecule has 2 N–H and O–H groups in total. The highest BCUT2D eigenvalue weighted by Crippen LogP contribution is 2.28. The van der Waals surface area contributed by atoms with Gasteiger partial charge in [0.25, 0.3) is 0 Å². The summed E-state index contributed by atoms with van der Waals surface area (Å²) in [5, 5.41) is 9.07. The number of nitrogens with one attached hydrogen (secondary N) is 2. The van der Waals surface area contributed by atoms with Crippen molar-refractivity contribution >= 4 is 33.5 Å². The Morgan fingerprint density at radius 3 is 2.64 bits per heavy atom. The molecule has 2 amide bonds. The third kappa shape index (κ3) is 3.39. The summed E-state index contributed by atoms with van der Waals surface area (Å²) in [4.78, 5) is 16.5. The average Bonchev–Trinajstić information content (AvgIpc) is 3.29. The van der Waals surface area contributed by atoms with Crippen molar-refractivity contribution in [2.24, 2.45) is 0 Å². The average molecular weight is 349 g/mol. The second kappa shape index (κ2) is 6.78. The van der Waals surface area contributed by atoms with Crippen LogP contribution in [0.3, 0.4) is 0 Å². The Balaban J connectivity index is 1.65. The van der Waals surface area contributed by atoms with E-state index in [1.807, 2.05) is 66.0 Å². The van der Waals surface area contributed by atoms with E-state index in [4.69, 9.17) is 4.42 Å². The number of amides is 2. The molecular formula is C19H15N3O2S. The normalized spacial score (nSPS) is 12.0. The number of anilines is 1. The molecule has 4 rings (SSSR count). The number of benzene rings is 2. The molecule has 124 valence electrons. The van der Waals surface area contributed by atoms with E-state index < -0.39 is 6.04 Å². The first-order valence-electron chi connectivity index (χ1n) is 7.80. The Morgan fingerprint density at radius 1 is 1.08 bits per heavy atom. The predicted molar refractivity (Wildman–Crippen MR) is 98.8 cm³/mol. The molecule has 0 aliphatic heterocycles. The minimum Gasteiger partial charge on any atom is -0.459 e. The quantitative estimate of drug-likeness (QED) is 0.556. The summed E-state index contributed by atoms with van der Waals surface area (Å²) in [7, 11) is 0. The highest BCUT2D eigenvalue weighted by molar-refractivity contribution is 7.13. The van der Waals surface area contributed by atoms with Gasteiger partial charge in [-0.2, -0.15) is 0 Å². The SMILES string of the molecule is O=C(Nc1nccs1)NC(c1ccccc1)c1cc2ccccc2o1. The number of aromatic nitrogens is 1. The van der Waals surface area contributed by atoms with E-state index in [-0.39, 0.29) is 6.03 Å². The van der Waals surface area contributed by atoms with Gasteiger partial charge in [-0.3, -0.25) is 5.32 Å². The topological polar surface area (TPSA) is 67.2 Å². The maximum absolute atomic E-state index is 12.4. The molecule has 0 spiro atoms. The third-order valence-corrected chi connectivity index (χ3v) is 4.48. The fourth-order valence-electron chi connectivity index (χ4n) is 2.66.